The van der Waals surface area contributed by atoms with Crippen LogP contribution in [0.5, 0.6) is 0 Å². The lowest BCUT2D eigenvalue weighted by Gasteiger charge is -2.32. The van der Waals surface area contributed by atoms with Crippen molar-refractivity contribution in [3.05, 3.63) is 0 Å². The Morgan fingerprint density at radius 1 is 1.10 bits per heavy atom. The van der Waals surface area contributed by atoms with Crippen molar-refractivity contribution >= 4 is 11.9 Å². The molecule has 0 amide bonds. The molecule has 0 fully saturated rings. The molecule has 0 aliphatic carbocycles. The van der Waals surface area contributed by atoms with E-state index >= 15 is 0 Å². The Hall–Kier alpha value is -1.06. The second-order valence-electron chi connectivity index (χ2n) is 6.72. The van der Waals surface area contributed by atoms with Crippen molar-refractivity contribution in [1.82, 2.24) is 0 Å². The van der Waals surface area contributed by atoms with Gasteiger partial charge in [0.2, 0.25) is 0 Å². The summed E-state index contributed by atoms with van der Waals surface area (Å²) in [6.45, 7) is 11.5. The summed E-state index contributed by atoms with van der Waals surface area (Å²) < 4.78 is 5.45. The summed E-state index contributed by atoms with van der Waals surface area (Å²) in [5.41, 5.74) is -1.43. The molecule has 0 aromatic heterocycles. The first-order chi connectivity index (χ1) is 9.68. The number of unbranched alkanes of at least 4 members (excludes halogenated alkanes) is 1. The van der Waals surface area contributed by atoms with Gasteiger partial charge in [0, 0.05) is 0 Å². The maximum absolute atomic E-state index is 12.5. The van der Waals surface area contributed by atoms with Gasteiger partial charge in [0.15, 0.2) is 5.41 Å². The molecule has 0 bridgehead atoms. The van der Waals surface area contributed by atoms with E-state index in [4.69, 9.17) is 4.74 Å². The highest BCUT2D eigenvalue weighted by molar-refractivity contribution is 5.99. The monoisotopic (exact) mass is 300 g/mol. The van der Waals surface area contributed by atoms with Crippen molar-refractivity contribution in [2.45, 2.75) is 79.8 Å². The van der Waals surface area contributed by atoms with Crippen LogP contribution in [0.4, 0.5) is 0 Å². The highest BCUT2D eigenvalue weighted by atomic mass is 16.5. The van der Waals surface area contributed by atoms with Crippen molar-refractivity contribution in [2.75, 3.05) is 0 Å². The van der Waals surface area contributed by atoms with Gasteiger partial charge in [-0.3, -0.25) is 9.59 Å². The molecule has 0 aromatic rings. The lowest BCUT2D eigenvalue weighted by Crippen LogP contribution is -2.46. The van der Waals surface area contributed by atoms with Gasteiger partial charge in [0.05, 0.1) is 6.10 Å². The summed E-state index contributed by atoms with van der Waals surface area (Å²) in [5.74, 6) is -1.58. The molecule has 0 spiro atoms. The van der Waals surface area contributed by atoms with Gasteiger partial charge in [0.1, 0.15) is 0 Å². The quantitative estimate of drug-likeness (QED) is 0.483. The number of esters is 1. The lowest BCUT2D eigenvalue weighted by atomic mass is 9.72. The fourth-order valence-electron chi connectivity index (χ4n) is 2.42. The molecule has 0 saturated carbocycles. The largest absolute Gasteiger partial charge is 0.480 e. The Morgan fingerprint density at radius 3 is 2.05 bits per heavy atom. The zero-order chi connectivity index (χ0) is 16.6. The van der Waals surface area contributed by atoms with E-state index in [1.807, 2.05) is 20.8 Å². The van der Waals surface area contributed by atoms with Gasteiger partial charge in [0.25, 0.3) is 0 Å². The first-order valence-corrected chi connectivity index (χ1v) is 8.12. The van der Waals surface area contributed by atoms with Gasteiger partial charge >= 0.3 is 11.9 Å². The zero-order valence-corrected chi connectivity index (χ0v) is 14.4. The lowest BCUT2D eigenvalue weighted by molar-refractivity contribution is -0.177. The number of aliphatic carboxylic acids is 1. The molecule has 0 saturated heterocycles. The number of carboxylic acids is 1. The first-order valence-electron chi connectivity index (χ1n) is 8.12. The predicted molar refractivity (Wildman–Crippen MR) is 84.1 cm³/mol. The molecule has 4 nitrogen and oxygen atoms in total. The molecular formula is C17H32O4. The van der Waals surface area contributed by atoms with Crippen molar-refractivity contribution in [1.29, 1.82) is 0 Å². The maximum Gasteiger partial charge on any atom is 0.324 e. The van der Waals surface area contributed by atoms with Crippen LogP contribution in [-0.4, -0.2) is 23.1 Å². The van der Waals surface area contributed by atoms with Crippen molar-refractivity contribution in [3.8, 4) is 0 Å². The van der Waals surface area contributed by atoms with Crippen LogP contribution in [-0.2, 0) is 14.3 Å². The van der Waals surface area contributed by atoms with E-state index in [1.54, 1.807) is 13.8 Å². The molecule has 0 aliphatic rings. The molecule has 0 aliphatic heterocycles. The van der Waals surface area contributed by atoms with E-state index in [9.17, 15) is 14.7 Å². The van der Waals surface area contributed by atoms with Crippen LogP contribution >= 0.6 is 0 Å². The number of ether oxygens (including phenoxy) is 1. The van der Waals surface area contributed by atoms with Crippen LogP contribution in [0.2, 0.25) is 0 Å². The van der Waals surface area contributed by atoms with E-state index in [2.05, 4.69) is 6.92 Å². The van der Waals surface area contributed by atoms with E-state index < -0.39 is 17.4 Å². The average Bonchev–Trinajstić information content (AvgIpc) is 2.35. The summed E-state index contributed by atoms with van der Waals surface area (Å²) in [6.07, 6.45) is 3.58. The third kappa shape index (κ3) is 5.68. The summed E-state index contributed by atoms with van der Waals surface area (Å²) in [6, 6.07) is 0. The average molecular weight is 300 g/mol. The van der Waals surface area contributed by atoms with Gasteiger partial charge in [-0.2, -0.15) is 0 Å². The molecule has 2 unspecified atom stereocenters. The van der Waals surface area contributed by atoms with Crippen LogP contribution in [0.25, 0.3) is 0 Å². The highest BCUT2D eigenvalue weighted by Gasteiger charge is 2.50. The number of carbonyl (C=O) groups is 2. The SMILES string of the molecule is CCCCC(C)OC(=O)C(CCC(C)C)(C(=O)O)C(C)C. The summed E-state index contributed by atoms with van der Waals surface area (Å²) in [4.78, 5) is 24.3. The van der Waals surface area contributed by atoms with Crippen molar-refractivity contribution in [2.24, 2.45) is 17.3 Å². The topological polar surface area (TPSA) is 63.6 Å². The molecule has 0 radical (unpaired) electrons. The number of carboxylic acid groups (broad SMARTS) is 1. The first kappa shape index (κ1) is 19.9. The van der Waals surface area contributed by atoms with Crippen LogP contribution in [0.1, 0.15) is 73.6 Å². The maximum atomic E-state index is 12.5. The van der Waals surface area contributed by atoms with Crippen LogP contribution in [0, 0.1) is 17.3 Å². The number of hydrogen-bond acceptors (Lipinski definition) is 3. The standard InChI is InChI=1S/C17H32O4/c1-7-8-9-14(6)21-16(20)17(13(4)5,15(18)19)11-10-12(2)3/h12-14H,7-11H2,1-6H3,(H,18,19). The minimum Gasteiger partial charge on any atom is -0.480 e. The molecule has 0 aromatic carbocycles. The minimum atomic E-state index is -1.43. The van der Waals surface area contributed by atoms with E-state index in [0.29, 0.717) is 18.8 Å². The predicted octanol–water partition coefficient (Wildman–Crippen LogP) is 4.27. The summed E-state index contributed by atoms with van der Waals surface area (Å²) in [7, 11) is 0. The van der Waals surface area contributed by atoms with Gasteiger partial charge in [-0.1, -0.05) is 47.5 Å². The third-order valence-electron chi connectivity index (χ3n) is 4.12. The second-order valence-corrected chi connectivity index (χ2v) is 6.72. The van der Waals surface area contributed by atoms with Crippen LogP contribution in [0.3, 0.4) is 0 Å². The number of carbonyl (C=O) groups excluding carboxylic acids is 1. The molecule has 21 heavy (non-hydrogen) atoms. The van der Waals surface area contributed by atoms with Gasteiger partial charge < -0.3 is 9.84 Å². The van der Waals surface area contributed by atoms with E-state index in [-0.39, 0.29) is 12.0 Å². The van der Waals surface area contributed by atoms with Crippen molar-refractivity contribution < 1.29 is 19.4 Å². The minimum absolute atomic E-state index is 0.228. The summed E-state index contributed by atoms with van der Waals surface area (Å²) >= 11 is 0. The van der Waals surface area contributed by atoms with E-state index in [0.717, 1.165) is 19.3 Å². The van der Waals surface area contributed by atoms with Crippen LogP contribution in [0.15, 0.2) is 0 Å². The second kappa shape index (κ2) is 9.06. The molecule has 1 N–H and O–H groups in total. The molecular weight excluding hydrogens is 268 g/mol. The molecule has 0 heterocycles. The third-order valence-corrected chi connectivity index (χ3v) is 4.12. The Balaban J connectivity index is 5.09. The molecule has 124 valence electrons. The molecule has 4 heteroatoms. The highest BCUT2D eigenvalue weighted by Crippen LogP contribution is 2.36. The molecule has 2 atom stereocenters. The number of rotatable bonds is 10. The zero-order valence-electron chi connectivity index (χ0n) is 14.4. The Kier molecular flexibility index (Phi) is 8.60. The van der Waals surface area contributed by atoms with Gasteiger partial charge in [-0.25, -0.2) is 0 Å². The van der Waals surface area contributed by atoms with Gasteiger partial charge in [-0.05, 0) is 38.0 Å². The Bertz CT molecular complexity index is 336. The Morgan fingerprint density at radius 2 is 1.67 bits per heavy atom. The van der Waals surface area contributed by atoms with E-state index in [1.165, 1.54) is 0 Å². The number of hydrogen-bond donors (Lipinski definition) is 1. The molecule has 0 rings (SSSR count). The summed E-state index contributed by atoms with van der Waals surface area (Å²) in [5, 5.41) is 9.67. The van der Waals surface area contributed by atoms with Crippen molar-refractivity contribution in [3.63, 3.8) is 0 Å². The van der Waals surface area contributed by atoms with Crippen LogP contribution < -0.4 is 0 Å². The normalized spacial score (nSPS) is 15.8. The Labute approximate surface area is 129 Å². The van der Waals surface area contributed by atoms with Gasteiger partial charge in [-0.15, -0.1) is 0 Å². The fraction of sp³-hybridized carbons (Fsp3) is 0.882. The fourth-order valence-corrected chi connectivity index (χ4v) is 2.42. The smallest absolute Gasteiger partial charge is 0.324 e.